The van der Waals surface area contributed by atoms with Gasteiger partial charge in [0.2, 0.25) is 10.0 Å². The van der Waals surface area contributed by atoms with Gasteiger partial charge in [0.15, 0.2) is 0 Å². The van der Waals surface area contributed by atoms with Crippen LogP contribution in [-0.2, 0) is 10.0 Å². The van der Waals surface area contributed by atoms with E-state index in [4.69, 9.17) is 5.11 Å². The molecule has 0 radical (unpaired) electrons. The third-order valence-electron chi connectivity index (χ3n) is 2.18. The summed E-state index contributed by atoms with van der Waals surface area (Å²) < 4.78 is 26.2. The fraction of sp³-hybridized carbons (Fsp3) is 0.500. The van der Waals surface area contributed by atoms with E-state index in [1.165, 1.54) is 11.4 Å². The SMILES string of the molecule is CSCCCCNS(=O)(=O)c1ccsc1C(=O)O. The third-order valence-corrected chi connectivity index (χ3v) is 5.41. The average Bonchev–Trinajstić information content (AvgIpc) is 2.78. The largest absolute Gasteiger partial charge is 0.477 e. The Kier molecular flexibility index (Phi) is 6.13. The van der Waals surface area contributed by atoms with Gasteiger partial charge in [-0.2, -0.15) is 11.8 Å². The maximum atomic E-state index is 11.9. The van der Waals surface area contributed by atoms with Crippen molar-refractivity contribution in [3.8, 4) is 0 Å². The monoisotopic (exact) mass is 309 g/mol. The van der Waals surface area contributed by atoms with Gasteiger partial charge in [0.25, 0.3) is 0 Å². The second kappa shape index (κ2) is 7.13. The quantitative estimate of drug-likeness (QED) is 0.716. The topological polar surface area (TPSA) is 83.5 Å². The van der Waals surface area contributed by atoms with E-state index in [9.17, 15) is 13.2 Å². The van der Waals surface area contributed by atoms with Gasteiger partial charge in [-0.15, -0.1) is 11.3 Å². The van der Waals surface area contributed by atoms with Crippen LogP contribution in [-0.4, -0.2) is 38.0 Å². The fourth-order valence-corrected chi connectivity index (χ4v) is 4.15. The lowest BCUT2D eigenvalue weighted by Crippen LogP contribution is -2.25. The summed E-state index contributed by atoms with van der Waals surface area (Å²) in [6, 6.07) is 1.32. The molecule has 0 bridgehead atoms. The number of hydrogen-bond donors (Lipinski definition) is 2. The Morgan fingerprint density at radius 3 is 2.83 bits per heavy atom. The Bertz CT molecular complexity index is 495. The first-order chi connectivity index (χ1) is 8.49. The van der Waals surface area contributed by atoms with Crippen LogP contribution >= 0.6 is 23.1 Å². The van der Waals surface area contributed by atoms with Crippen LogP contribution in [0, 0.1) is 0 Å². The molecule has 8 heteroatoms. The van der Waals surface area contributed by atoms with E-state index in [-0.39, 0.29) is 9.77 Å². The zero-order chi connectivity index (χ0) is 13.6. The molecule has 0 saturated heterocycles. The van der Waals surface area contributed by atoms with E-state index < -0.39 is 16.0 Å². The van der Waals surface area contributed by atoms with Crippen molar-refractivity contribution < 1.29 is 18.3 Å². The number of hydrogen-bond acceptors (Lipinski definition) is 5. The number of thiophene rings is 1. The fourth-order valence-electron chi connectivity index (χ4n) is 1.32. The first-order valence-electron chi connectivity index (χ1n) is 5.28. The lowest BCUT2D eigenvalue weighted by atomic mass is 10.3. The number of carboxylic acids is 1. The zero-order valence-corrected chi connectivity index (χ0v) is 12.3. The summed E-state index contributed by atoms with van der Waals surface area (Å²) in [7, 11) is -3.71. The van der Waals surface area contributed by atoms with Crippen molar-refractivity contribution in [1.29, 1.82) is 0 Å². The summed E-state index contributed by atoms with van der Waals surface area (Å²) in [4.78, 5) is 10.6. The van der Waals surface area contributed by atoms with Gasteiger partial charge in [-0.25, -0.2) is 17.9 Å². The van der Waals surface area contributed by atoms with Crippen molar-refractivity contribution >= 4 is 39.1 Å². The van der Waals surface area contributed by atoms with Crippen LogP contribution in [0.5, 0.6) is 0 Å². The van der Waals surface area contributed by atoms with E-state index in [0.29, 0.717) is 6.54 Å². The first kappa shape index (κ1) is 15.5. The number of rotatable bonds is 8. The minimum absolute atomic E-state index is 0.147. The normalized spacial score (nSPS) is 11.6. The number of aromatic carboxylic acids is 1. The maximum absolute atomic E-state index is 11.9. The van der Waals surface area contributed by atoms with E-state index in [0.717, 1.165) is 29.9 Å². The van der Waals surface area contributed by atoms with E-state index >= 15 is 0 Å². The Labute approximate surface area is 115 Å². The Morgan fingerprint density at radius 1 is 1.50 bits per heavy atom. The predicted octanol–water partition coefficient (Wildman–Crippen LogP) is 1.87. The third kappa shape index (κ3) is 4.27. The van der Waals surface area contributed by atoms with Gasteiger partial charge in [0.1, 0.15) is 9.77 Å². The molecule has 1 rings (SSSR count). The molecule has 1 aromatic rings. The van der Waals surface area contributed by atoms with E-state index in [2.05, 4.69) is 4.72 Å². The van der Waals surface area contributed by atoms with Crippen molar-refractivity contribution in [1.82, 2.24) is 4.72 Å². The van der Waals surface area contributed by atoms with Crippen molar-refractivity contribution in [3.63, 3.8) is 0 Å². The van der Waals surface area contributed by atoms with Crippen molar-refractivity contribution in [2.45, 2.75) is 17.7 Å². The minimum Gasteiger partial charge on any atom is -0.477 e. The lowest BCUT2D eigenvalue weighted by Gasteiger charge is -2.05. The lowest BCUT2D eigenvalue weighted by molar-refractivity contribution is 0.0698. The van der Waals surface area contributed by atoms with Gasteiger partial charge < -0.3 is 5.11 Å². The molecule has 18 heavy (non-hydrogen) atoms. The van der Waals surface area contributed by atoms with Crippen molar-refractivity contribution in [3.05, 3.63) is 16.3 Å². The van der Waals surface area contributed by atoms with Crippen LogP contribution in [0.1, 0.15) is 22.5 Å². The van der Waals surface area contributed by atoms with Crippen LogP contribution in [0.4, 0.5) is 0 Å². The highest BCUT2D eigenvalue weighted by Gasteiger charge is 2.23. The van der Waals surface area contributed by atoms with Crippen molar-refractivity contribution in [2.24, 2.45) is 0 Å². The standard InChI is InChI=1S/C10H15NO4S3/c1-16-6-3-2-5-11-18(14,15)8-4-7-17-9(8)10(12)13/h4,7,11H,2-3,5-6H2,1H3,(H,12,13). The first-order valence-corrected chi connectivity index (χ1v) is 9.04. The second-order valence-corrected chi connectivity index (χ2v) is 7.15. The molecule has 0 fully saturated rings. The minimum atomic E-state index is -3.71. The summed E-state index contributed by atoms with van der Waals surface area (Å²) in [6.45, 7) is 0.331. The number of sulfonamides is 1. The molecule has 0 saturated carbocycles. The molecule has 0 spiro atoms. The van der Waals surface area contributed by atoms with Crippen LogP contribution < -0.4 is 4.72 Å². The van der Waals surface area contributed by atoms with Gasteiger partial charge in [-0.3, -0.25) is 0 Å². The summed E-state index contributed by atoms with van der Waals surface area (Å²) in [5, 5.41) is 10.3. The Morgan fingerprint density at radius 2 is 2.22 bits per heavy atom. The number of carboxylic acid groups (broad SMARTS) is 1. The summed E-state index contributed by atoms with van der Waals surface area (Å²) in [5.41, 5.74) is 0. The molecule has 0 aliphatic heterocycles. The predicted molar refractivity (Wildman–Crippen MR) is 74.1 cm³/mol. The number of nitrogens with one attached hydrogen (secondary N) is 1. The Balaban J connectivity index is 2.63. The van der Waals surface area contributed by atoms with Gasteiger partial charge >= 0.3 is 5.97 Å². The molecule has 102 valence electrons. The summed E-state index contributed by atoms with van der Waals surface area (Å²) in [6.07, 6.45) is 3.67. The van der Waals surface area contributed by atoms with Gasteiger partial charge in [0, 0.05) is 6.54 Å². The van der Waals surface area contributed by atoms with Crippen LogP contribution in [0.25, 0.3) is 0 Å². The highest BCUT2D eigenvalue weighted by atomic mass is 32.2. The number of thioether (sulfide) groups is 1. The summed E-state index contributed by atoms with van der Waals surface area (Å²) >= 11 is 2.62. The molecule has 0 aliphatic carbocycles. The highest BCUT2D eigenvalue weighted by Crippen LogP contribution is 2.21. The molecule has 0 unspecified atom stereocenters. The maximum Gasteiger partial charge on any atom is 0.347 e. The molecule has 0 aromatic carbocycles. The highest BCUT2D eigenvalue weighted by molar-refractivity contribution is 7.98. The molecule has 1 heterocycles. The molecule has 0 atom stereocenters. The molecule has 1 aromatic heterocycles. The average molecular weight is 309 g/mol. The molecule has 2 N–H and O–H groups in total. The second-order valence-electron chi connectivity index (χ2n) is 3.52. The molecule has 0 amide bonds. The number of carbonyl (C=O) groups is 1. The molecule has 0 aliphatic rings. The van der Waals surface area contributed by atoms with Gasteiger partial charge in [-0.1, -0.05) is 0 Å². The molecular weight excluding hydrogens is 294 g/mol. The van der Waals surface area contributed by atoms with Crippen LogP contribution in [0.2, 0.25) is 0 Å². The molecular formula is C10H15NO4S3. The van der Waals surface area contributed by atoms with Crippen molar-refractivity contribution in [2.75, 3.05) is 18.6 Å². The molecule has 5 nitrogen and oxygen atoms in total. The van der Waals surface area contributed by atoms with E-state index in [1.807, 2.05) is 6.26 Å². The smallest absolute Gasteiger partial charge is 0.347 e. The van der Waals surface area contributed by atoms with Crippen LogP contribution in [0.15, 0.2) is 16.3 Å². The summed E-state index contributed by atoms with van der Waals surface area (Å²) in [5.74, 6) is -0.228. The van der Waals surface area contributed by atoms with Gasteiger partial charge in [0.05, 0.1) is 0 Å². The zero-order valence-electron chi connectivity index (χ0n) is 9.88. The van der Waals surface area contributed by atoms with Crippen LogP contribution in [0.3, 0.4) is 0 Å². The Hall–Kier alpha value is -0.570. The van der Waals surface area contributed by atoms with Gasteiger partial charge in [-0.05, 0) is 36.3 Å². The van der Waals surface area contributed by atoms with E-state index in [1.54, 1.807) is 11.8 Å². The number of unbranched alkanes of at least 4 members (excludes halogenated alkanes) is 1.